The van der Waals surface area contributed by atoms with Gasteiger partial charge in [0.2, 0.25) is 10.0 Å². The van der Waals surface area contributed by atoms with E-state index in [9.17, 15) is 13.2 Å². The Morgan fingerprint density at radius 1 is 1.06 bits per heavy atom. The smallest absolute Gasteiger partial charge is 0.243 e. The molecule has 0 bridgehead atoms. The van der Waals surface area contributed by atoms with Crippen LogP contribution in [0, 0.1) is 0 Å². The van der Waals surface area contributed by atoms with E-state index in [1.54, 1.807) is 24.5 Å². The van der Waals surface area contributed by atoms with Crippen molar-refractivity contribution < 1.29 is 13.2 Å². The van der Waals surface area contributed by atoms with Crippen LogP contribution in [0.25, 0.3) is 11.4 Å². The predicted molar refractivity (Wildman–Crippen MR) is 121 cm³/mol. The van der Waals surface area contributed by atoms with Crippen LogP contribution in [0.1, 0.15) is 42.1 Å². The number of carbonyl (C=O) groups excluding carboxylic acids is 1. The Bertz CT molecular complexity index is 1220. The summed E-state index contributed by atoms with van der Waals surface area (Å²) in [6, 6.07) is 10.4. The first-order chi connectivity index (χ1) is 15.5. The zero-order valence-corrected chi connectivity index (χ0v) is 19.1. The predicted octanol–water partition coefficient (Wildman–Crippen LogP) is 3.43. The average molecular weight is 470 g/mol. The van der Waals surface area contributed by atoms with Gasteiger partial charge in [0, 0.05) is 42.7 Å². The van der Waals surface area contributed by atoms with Crippen molar-refractivity contribution in [3.63, 3.8) is 0 Å². The van der Waals surface area contributed by atoms with E-state index in [1.807, 2.05) is 12.1 Å². The Hall–Kier alpha value is -2.56. The molecule has 3 aromatic rings. The number of carbonyl (C=O) groups is 1. The third-order valence-corrected chi connectivity index (χ3v) is 8.56. The van der Waals surface area contributed by atoms with E-state index in [4.69, 9.17) is 0 Å². The van der Waals surface area contributed by atoms with Crippen LogP contribution in [0.15, 0.2) is 58.8 Å². The van der Waals surface area contributed by atoms with Crippen LogP contribution < -0.4 is 0 Å². The third kappa shape index (κ3) is 4.22. The highest BCUT2D eigenvalue weighted by Gasteiger charge is 2.31. The van der Waals surface area contributed by atoms with Crippen molar-refractivity contribution in [2.75, 3.05) is 18.8 Å². The van der Waals surface area contributed by atoms with Gasteiger partial charge in [-0.05, 0) is 49.9 Å². The number of pyridine rings is 1. The van der Waals surface area contributed by atoms with Gasteiger partial charge in [-0.1, -0.05) is 23.9 Å². The fraction of sp³-hybridized carbons (Fsp3) is 0.364. The summed E-state index contributed by atoms with van der Waals surface area (Å²) in [5.41, 5.74) is 1.39. The Morgan fingerprint density at radius 2 is 1.81 bits per heavy atom. The number of sulfonamides is 1. The topological polar surface area (TPSA) is 98.0 Å². The van der Waals surface area contributed by atoms with Crippen LogP contribution in [0.2, 0.25) is 0 Å². The molecule has 1 aliphatic heterocycles. The van der Waals surface area contributed by atoms with Gasteiger partial charge in [-0.2, -0.15) is 4.31 Å². The zero-order valence-electron chi connectivity index (χ0n) is 17.4. The van der Waals surface area contributed by atoms with Gasteiger partial charge in [0.15, 0.2) is 16.8 Å². The Morgan fingerprint density at radius 3 is 2.47 bits per heavy atom. The first kappa shape index (κ1) is 21.3. The summed E-state index contributed by atoms with van der Waals surface area (Å²) in [5.74, 6) is 0.899. The standard InChI is InChI=1S/C22H23N5O3S2/c28-20(16-5-9-19(10-6-16)32(29,30)26-12-1-2-13-26)15-31-22-25-24-21(27(22)18-7-8-18)17-4-3-11-23-14-17/h3-6,9-11,14,18H,1-2,7-8,12-13,15H2. The van der Waals surface area contributed by atoms with E-state index in [-0.39, 0.29) is 16.4 Å². The molecule has 0 amide bonds. The minimum absolute atomic E-state index is 0.0756. The molecule has 8 nitrogen and oxygen atoms in total. The second-order valence-electron chi connectivity index (χ2n) is 8.00. The van der Waals surface area contributed by atoms with Gasteiger partial charge in [-0.3, -0.25) is 14.3 Å². The molecule has 0 atom stereocenters. The summed E-state index contributed by atoms with van der Waals surface area (Å²) in [5, 5.41) is 9.38. The van der Waals surface area contributed by atoms with Crippen LogP contribution in [-0.4, -0.2) is 57.1 Å². The van der Waals surface area contributed by atoms with Crippen molar-refractivity contribution in [3.8, 4) is 11.4 Å². The molecule has 0 N–H and O–H groups in total. The molecule has 0 spiro atoms. The zero-order chi connectivity index (χ0) is 22.1. The molecule has 1 aromatic carbocycles. The van der Waals surface area contributed by atoms with E-state index < -0.39 is 10.0 Å². The lowest BCUT2D eigenvalue weighted by atomic mass is 10.1. The second kappa shape index (κ2) is 8.76. The van der Waals surface area contributed by atoms with Crippen LogP contribution in [-0.2, 0) is 10.0 Å². The quantitative estimate of drug-likeness (QED) is 0.368. The van der Waals surface area contributed by atoms with Gasteiger partial charge in [0.05, 0.1) is 10.6 Å². The van der Waals surface area contributed by atoms with E-state index in [1.165, 1.54) is 28.2 Å². The lowest BCUT2D eigenvalue weighted by Gasteiger charge is -2.15. The lowest BCUT2D eigenvalue weighted by Crippen LogP contribution is -2.27. The van der Waals surface area contributed by atoms with Crippen molar-refractivity contribution in [1.29, 1.82) is 0 Å². The summed E-state index contributed by atoms with van der Waals surface area (Å²) >= 11 is 1.36. The summed E-state index contributed by atoms with van der Waals surface area (Å²) in [6.07, 6.45) is 7.40. The first-order valence-corrected chi connectivity index (χ1v) is 13.1. The molecule has 3 heterocycles. The molecule has 166 valence electrons. The van der Waals surface area contributed by atoms with Gasteiger partial charge < -0.3 is 0 Å². The van der Waals surface area contributed by atoms with Crippen molar-refractivity contribution in [3.05, 3.63) is 54.4 Å². The molecule has 1 aliphatic carbocycles. The van der Waals surface area contributed by atoms with Gasteiger partial charge in [0.1, 0.15) is 0 Å². The van der Waals surface area contributed by atoms with E-state index in [0.717, 1.165) is 37.1 Å². The van der Waals surface area contributed by atoms with E-state index in [0.29, 0.717) is 29.9 Å². The number of Topliss-reactive ketones (excluding diaryl/α,β-unsaturated/α-hetero) is 1. The minimum Gasteiger partial charge on any atom is -0.299 e. The fourth-order valence-electron chi connectivity index (χ4n) is 3.83. The summed E-state index contributed by atoms with van der Waals surface area (Å²) < 4.78 is 28.9. The maximum Gasteiger partial charge on any atom is 0.243 e. The third-order valence-electron chi connectivity index (χ3n) is 5.71. The van der Waals surface area contributed by atoms with Crippen LogP contribution in [0.5, 0.6) is 0 Å². The molecule has 32 heavy (non-hydrogen) atoms. The summed E-state index contributed by atoms with van der Waals surface area (Å²) in [7, 11) is -3.48. The lowest BCUT2D eigenvalue weighted by molar-refractivity contribution is 0.102. The molecular weight excluding hydrogens is 446 g/mol. The maximum absolute atomic E-state index is 12.8. The Balaban J connectivity index is 1.29. The van der Waals surface area contributed by atoms with Gasteiger partial charge >= 0.3 is 0 Å². The van der Waals surface area contributed by atoms with Crippen molar-refractivity contribution >= 4 is 27.6 Å². The number of rotatable bonds is 8. The molecule has 5 rings (SSSR count). The molecule has 0 radical (unpaired) electrons. The van der Waals surface area contributed by atoms with Crippen LogP contribution >= 0.6 is 11.8 Å². The highest BCUT2D eigenvalue weighted by atomic mass is 32.2. The Labute approximate surface area is 191 Å². The number of nitrogens with zero attached hydrogens (tertiary/aromatic N) is 5. The monoisotopic (exact) mass is 469 g/mol. The van der Waals surface area contributed by atoms with Crippen LogP contribution in [0.3, 0.4) is 0 Å². The van der Waals surface area contributed by atoms with Gasteiger partial charge in [-0.15, -0.1) is 10.2 Å². The van der Waals surface area contributed by atoms with Crippen molar-refractivity contribution in [1.82, 2.24) is 24.1 Å². The number of aromatic nitrogens is 4. The second-order valence-corrected chi connectivity index (χ2v) is 10.9. The van der Waals surface area contributed by atoms with Gasteiger partial charge in [0.25, 0.3) is 0 Å². The van der Waals surface area contributed by atoms with E-state index in [2.05, 4.69) is 19.7 Å². The number of hydrogen-bond donors (Lipinski definition) is 0. The first-order valence-electron chi connectivity index (χ1n) is 10.7. The average Bonchev–Trinajstić information content (AvgIpc) is 3.33. The van der Waals surface area contributed by atoms with Crippen LogP contribution in [0.4, 0.5) is 0 Å². The fourth-order valence-corrected chi connectivity index (χ4v) is 6.25. The molecular formula is C22H23N5O3S2. The van der Waals surface area contributed by atoms with Gasteiger partial charge in [-0.25, -0.2) is 8.42 Å². The number of benzene rings is 1. The van der Waals surface area contributed by atoms with Crippen molar-refractivity contribution in [2.45, 2.75) is 41.8 Å². The molecule has 1 saturated heterocycles. The van der Waals surface area contributed by atoms with Crippen molar-refractivity contribution in [2.24, 2.45) is 0 Å². The molecule has 2 fully saturated rings. The highest BCUT2D eigenvalue weighted by molar-refractivity contribution is 7.99. The summed E-state index contributed by atoms with van der Waals surface area (Å²) in [6.45, 7) is 1.12. The maximum atomic E-state index is 12.8. The molecule has 2 aromatic heterocycles. The SMILES string of the molecule is O=C(CSc1nnc(-c2cccnc2)n1C1CC1)c1ccc(S(=O)(=O)N2CCCC2)cc1. The Kier molecular flexibility index (Phi) is 5.83. The summed E-state index contributed by atoms with van der Waals surface area (Å²) in [4.78, 5) is 17.2. The molecule has 10 heteroatoms. The number of hydrogen-bond acceptors (Lipinski definition) is 7. The normalized spacial score (nSPS) is 17.0. The minimum atomic E-state index is -3.48. The largest absolute Gasteiger partial charge is 0.299 e. The molecule has 2 aliphatic rings. The molecule has 1 saturated carbocycles. The number of ketones is 1. The highest BCUT2D eigenvalue weighted by Crippen LogP contribution is 2.41. The molecule has 0 unspecified atom stereocenters. The number of thioether (sulfide) groups is 1. The van der Waals surface area contributed by atoms with E-state index >= 15 is 0 Å².